The maximum atomic E-state index is 13.2. The number of nitrogens with zero attached hydrogens (tertiary/aromatic N) is 4. The first kappa shape index (κ1) is 11.6. The van der Waals surface area contributed by atoms with Crippen molar-refractivity contribution in [1.82, 2.24) is 9.88 Å². The van der Waals surface area contributed by atoms with Gasteiger partial charge in [-0.05, 0) is 12.1 Å². The minimum Gasteiger partial charge on any atom is -0.312 e. The second-order valence-electron chi connectivity index (χ2n) is 2.82. The van der Waals surface area contributed by atoms with Crippen molar-refractivity contribution in [2.45, 2.75) is 0 Å². The zero-order valence-corrected chi connectivity index (χ0v) is 8.22. The molecule has 0 atom stereocenters. The van der Waals surface area contributed by atoms with Crippen molar-refractivity contribution >= 4 is 5.91 Å². The van der Waals surface area contributed by atoms with E-state index in [9.17, 15) is 9.18 Å². The molecule has 16 heavy (non-hydrogen) atoms. The fraction of sp³-hybridized carbons (Fsp3) is 0.200. The fourth-order valence-corrected chi connectivity index (χ4v) is 1.09. The van der Waals surface area contributed by atoms with Crippen LogP contribution in [0.15, 0.2) is 18.3 Å². The SMILES string of the molecule is N#CCN(CC#N)C(=O)c1cccnc1F. The second-order valence-corrected chi connectivity index (χ2v) is 2.82. The van der Waals surface area contributed by atoms with Crippen LogP contribution in [0.4, 0.5) is 4.39 Å². The van der Waals surface area contributed by atoms with Crippen LogP contribution in [0.5, 0.6) is 0 Å². The van der Waals surface area contributed by atoms with Crippen LogP contribution >= 0.6 is 0 Å². The molecular weight excluding hydrogens is 211 g/mol. The summed E-state index contributed by atoms with van der Waals surface area (Å²) in [7, 11) is 0. The summed E-state index contributed by atoms with van der Waals surface area (Å²) in [4.78, 5) is 16.0. The van der Waals surface area contributed by atoms with Crippen LogP contribution in [0.1, 0.15) is 10.4 Å². The third-order valence-electron chi connectivity index (χ3n) is 1.80. The molecule has 1 rings (SSSR count). The highest BCUT2D eigenvalue weighted by Gasteiger charge is 2.18. The highest BCUT2D eigenvalue weighted by Crippen LogP contribution is 2.07. The Morgan fingerprint density at radius 3 is 2.56 bits per heavy atom. The van der Waals surface area contributed by atoms with Gasteiger partial charge >= 0.3 is 0 Å². The largest absolute Gasteiger partial charge is 0.312 e. The van der Waals surface area contributed by atoms with Crippen LogP contribution in [0.2, 0.25) is 0 Å². The predicted octanol–water partition coefficient (Wildman–Crippen LogP) is 0.710. The van der Waals surface area contributed by atoms with Gasteiger partial charge in [0.15, 0.2) is 0 Å². The first-order valence-electron chi connectivity index (χ1n) is 4.34. The standard InChI is InChI=1S/C10H7FN4O/c11-9-8(2-1-5-14-9)10(16)15(6-3-12)7-4-13/h1-2,5H,6-7H2. The van der Waals surface area contributed by atoms with E-state index in [1.165, 1.54) is 18.3 Å². The molecule has 0 bridgehead atoms. The summed E-state index contributed by atoms with van der Waals surface area (Å²) in [6.45, 7) is -0.526. The van der Waals surface area contributed by atoms with Gasteiger partial charge in [-0.25, -0.2) is 4.98 Å². The number of pyridine rings is 1. The van der Waals surface area contributed by atoms with Crippen LogP contribution < -0.4 is 0 Å². The summed E-state index contributed by atoms with van der Waals surface area (Å²) in [5.41, 5.74) is -0.243. The molecule has 0 saturated heterocycles. The van der Waals surface area contributed by atoms with Gasteiger partial charge in [-0.1, -0.05) is 0 Å². The Morgan fingerprint density at radius 2 is 2.06 bits per heavy atom. The van der Waals surface area contributed by atoms with Crippen molar-refractivity contribution in [2.24, 2.45) is 0 Å². The van der Waals surface area contributed by atoms with Crippen LogP contribution in [0, 0.1) is 28.6 Å². The van der Waals surface area contributed by atoms with Crippen molar-refractivity contribution < 1.29 is 9.18 Å². The predicted molar refractivity (Wildman–Crippen MR) is 51.3 cm³/mol. The maximum absolute atomic E-state index is 13.2. The molecule has 1 amide bonds. The van der Waals surface area contributed by atoms with E-state index in [1.54, 1.807) is 12.1 Å². The number of carbonyl (C=O) groups excluding carboxylic acids is 1. The molecular formula is C10H7FN4O. The van der Waals surface area contributed by atoms with Crippen molar-refractivity contribution in [1.29, 1.82) is 10.5 Å². The van der Waals surface area contributed by atoms with E-state index in [1.807, 2.05) is 0 Å². The Bertz CT molecular complexity index is 458. The summed E-state index contributed by atoms with van der Waals surface area (Å²) >= 11 is 0. The zero-order chi connectivity index (χ0) is 12.0. The van der Waals surface area contributed by atoms with E-state index in [-0.39, 0.29) is 18.7 Å². The number of hydrogen-bond acceptors (Lipinski definition) is 4. The Balaban J connectivity index is 2.96. The van der Waals surface area contributed by atoms with E-state index in [0.29, 0.717) is 0 Å². The molecule has 0 radical (unpaired) electrons. The number of carbonyl (C=O) groups is 1. The van der Waals surface area contributed by atoms with E-state index in [2.05, 4.69) is 4.98 Å². The Labute approximate surface area is 91.3 Å². The van der Waals surface area contributed by atoms with E-state index < -0.39 is 11.9 Å². The molecule has 80 valence electrons. The molecule has 0 unspecified atom stereocenters. The molecule has 0 aliphatic heterocycles. The van der Waals surface area contributed by atoms with Gasteiger partial charge in [0.25, 0.3) is 5.91 Å². The molecule has 5 nitrogen and oxygen atoms in total. The smallest absolute Gasteiger partial charge is 0.260 e. The molecule has 0 aromatic carbocycles. The lowest BCUT2D eigenvalue weighted by molar-refractivity contribution is 0.0789. The van der Waals surface area contributed by atoms with Gasteiger partial charge < -0.3 is 4.90 Å². The average Bonchev–Trinajstić information content (AvgIpc) is 2.28. The maximum Gasteiger partial charge on any atom is 0.260 e. The third-order valence-corrected chi connectivity index (χ3v) is 1.80. The average molecular weight is 218 g/mol. The van der Waals surface area contributed by atoms with E-state index >= 15 is 0 Å². The van der Waals surface area contributed by atoms with Crippen LogP contribution in [-0.2, 0) is 0 Å². The molecule has 1 aromatic rings. The van der Waals surface area contributed by atoms with Crippen molar-refractivity contribution in [3.63, 3.8) is 0 Å². The van der Waals surface area contributed by atoms with Crippen LogP contribution in [0.3, 0.4) is 0 Å². The Hall–Kier alpha value is -2.47. The van der Waals surface area contributed by atoms with Crippen LogP contribution in [-0.4, -0.2) is 28.9 Å². The topological polar surface area (TPSA) is 80.8 Å². The second kappa shape index (κ2) is 5.42. The van der Waals surface area contributed by atoms with Gasteiger partial charge in [0, 0.05) is 6.20 Å². The summed E-state index contributed by atoms with van der Waals surface area (Å²) in [5, 5.41) is 16.9. The normalized spacial score (nSPS) is 8.94. The molecule has 0 aliphatic rings. The lowest BCUT2D eigenvalue weighted by Crippen LogP contribution is -2.32. The minimum atomic E-state index is -0.909. The first-order chi connectivity index (χ1) is 7.70. The molecule has 0 fully saturated rings. The highest BCUT2D eigenvalue weighted by molar-refractivity contribution is 5.94. The van der Waals surface area contributed by atoms with Gasteiger partial charge in [0.1, 0.15) is 13.1 Å². The van der Waals surface area contributed by atoms with Gasteiger partial charge in [0.05, 0.1) is 17.7 Å². The zero-order valence-electron chi connectivity index (χ0n) is 8.22. The summed E-state index contributed by atoms with van der Waals surface area (Å²) in [6, 6.07) is 6.13. The van der Waals surface area contributed by atoms with Crippen molar-refractivity contribution in [3.8, 4) is 12.1 Å². The first-order valence-corrected chi connectivity index (χ1v) is 4.34. The van der Waals surface area contributed by atoms with Gasteiger partial charge in [0.2, 0.25) is 5.95 Å². The number of rotatable bonds is 3. The van der Waals surface area contributed by atoms with Gasteiger partial charge in [-0.2, -0.15) is 14.9 Å². The quantitative estimate of drug-likeness (QED) is 0.552. The fourth-order valence-electron chi connectivity index (χ4n) is 1.09. The lowest BCUT2D eigenvalue weighted by atomic mass is 10.2. The molecule has 1 heterocycles. The molecule has 0 N–H and O–H groups in total. The summed E-state index contributed by atoms with van der Waals surface area (Å²) < 4.78 is 13.2. The molecule has 0 spiro atoms. The third kappa shape index (κ3) is 2.52. The number of amides is 1. The molecule has 6 heteroatoms. The van der Waals surface area contributed by atoms with Crippen LogP contribution in [0.25, 0.3) is 0 Å². The summed E-state index contributed by atoms with van der Waals surface area (Å²) in [6.07, 6.45) is 1.21. The summed E-state index contributed by atoms with van der Waals surface area (Å²) in [5.74, 6) is -1.62. The number of nitriles is 2. The monoisotopic (exact) mass is 218 g/mol. The molecule has 0 saturated carbocycles. The minimum absolute atomic E-state index is 0.243. The van der Waals surface area contributed by atoms with Crippen molar-refractivity contribution in [2.75, 3.05) is 13.1 Å². The van der Waals surface area contributed by atoms with Gasteiger partial charge in [-0.15, -0.1) is 0 Å². The van der Waals surface area contributed by atoms with Gasteiger partial charge in [-0.3, -0.25) is 4.79 Å². The lowest BCUT2D eigenvalue weighted by Gasteiger charge is -2.15. The van der Waals surface area contributed by atoms with E-state index in [4.69, 9.17) is 10.5 Å². The van der Waals surface area contributed by atoms with E-state index in [0.717, 1.165) is 4.90 Å². The Morgan fingerprint density at radius 1 is 1.44 bits per heavy atom. The molecule has 0 aliphatic carbocycles. The highest BCUT2D eigenvalue weighted by atomic mass is 19.1. The molecule has 1 aromatic heterocycles. The van der Waals surface area contributed by atoms with Crippen molar-refractivity contribution in [3.05, 3.63) is 29.8 Å². The number of halogens is 1. The Kier molecular flexibility index (Phi) is 3.93. The number of aromatic nitrogens is 1. The number of hydrogen-bond donors (Lipinski definition) is 0.